The summed E-state index contributed by atoms with van der Waals surface area (Å²) in [6, 6.07) is 15.3. The molecule has 4 nitrogen and oxygen atoms in total. The van der Waals surface area contributed by atoms with Gasteiger partial charge in [0.25, 0.3) is 5.91 Å². The molecule has 1 aliphatic heterocycles. The molecule has 114 valence electrons. The lowest BCUT2D eigenvalue weighted by atomic mass is 10.1. The summed E-state index contributed by atoms with van der Waals surface area (Å²) < 4.78 is 0. The molecule has 22 heavy (non-hydrogen) atoms. The molecule has 1 amide bonds. The maximum Gasteiger partial charge on any atom is 0.276 e. The van der Waals surface area contributed by atoms with E-state index in [1.54, 1.807) is 18.0 Å². The molecule has 0 aliphatic carbocycles. The molecule has 1 aliphatic rings. The molecule has 1 aromatic heterocycles. The van der Waals surface area contributed by atoms with Gasteiger partial charge in [-0.15, -0.1) is 0 Å². The lowest BCUT2D eigenvalue weighted by Crippen LogP contribution is -2.31. The van der Waals surface area contributed by atoms with Gasteiger partial charge >= 0.3 is 0 Å². The van der Waals surface area contributed by atoms with Crippen molar-refractivity contribution in [2.24, 2.45) is 0 Å². The van der Waals surface area contributed by atoms with Crippen molar-refractivity contribution < 1.29 is 4.79 Å². The van der Waals surface area contributed by atoms with Crippen molar-refractivity contribution in [3.63, 3.8) is 0 Å². The number of amides is 1. The number of pyridine rings is 1. The van der Waals surface area contributed by atoms with Crippen LogP contribution in [0.15, 0.2) is 48.5 Å². The Kier molecular flexibility index (Phi) is 4.37. The molecule has 2 aromatic rings. The summed E-state index contributed by atoms with van der Waals surface area (Å²) in [6.45, 7) is 2.05. The van der Waals surface area contributed by atoms with Gasteiger partial charge in [-0.1, -0.05) is 24.3 Å². The number of nitrogens with zero attached hydrogens (tertiary/aromatic N) is 3. The quantitative estimate of drug-likeness (QED) is 0.871. The van der Waals surface area contributed by atoms with Gasteiger partial charge in [-0.05, 0) is 43.5 Å². The highest BCUT2D eigenvalue weighted by Crippen LogP contribution is 2.19. The van der Waals surface area contributed by atoms with Crippen LogP contribution < -0.4 is 9.80 Å². The summed E-state index contributed by atoms with van der Waals surface area (Å²) in [5.41, 5.74) is 1.37. The molecule has 0 bridgehead atoms. The fourth-order valence-electron chi connectivity index (χ4n) is 2.78. The fraction of sp³-hybridized carbons (Fsp3) is 0.333. The van der Waals surface area contributed by atoms with Crippen LogP contribution in [-0.4, -0.2) is 31.0 Å². The van der Waals surface area contributed by atoms with Gasteiger partial charge in [-0.2, -0.15) is 0 Å². The minimum absolute atomic E-state index is 0.0786. The standard InChI is InChI=1S/C18H21N3O/c1-20(15-9-4-2-5-10-15)18(22)16-11-8-12-17(19-16)21-13-6-3-7-14-21/h2,4-5,8-12H,3,6-7,13-14H2,1H3. The number of para-hydroxylation sites is 1. The Hall–Kier alpha value is -2.36. The average molecular weight is 295 g/mol. The second kappa shape index (κ2) is 6.60. The number of carbonyl (C=O) groups excluding carboxylic acids is 1. The predicted octanol–water partition coefficient (Wildman–Crippen LogP) is 3.35. The minimum Gasteiger partial charge on any atom is -0.357 e. The molecule has 1 aromatic carbocycles. The van der Waals surface area contributed by atoms with E-state index in [1.807, 2.05) is 42.5 Å². The Balaban J connectivity index is 1.80. The molecular formula is C18H21N3O. The normalized spacial score (nSPS) is 14.7. The van der Waals surface area contributed by atoms with Gasteiger partial charge in [0.05, 0.1) is 0 Å². The number of rotatable bonds is 3. The molecule has 0 saturated carbocycles. The lowest BCUT2D eigenvalue weighted by molar-refractivity contribution is 0.0988. The third kappa shape index (κ3) is 3.11. The molecule has 0 N–H and O–H groups in total. The van der Waals surface area contributed by atoms with Crippen LogP contribution in [0, 0.1) is 0 Å². The highest BCUT2D eigenvalue weighted by atomic mass is 16.2. The third-order valence-corrected chi connectivity index (χ3v) is 4.08. The van der Waals surface area contributed by atoms with Crippen LogP contribution >= 0.6 is 0 Å². The maximum atomic E-state index is 12.6. The number of hydrogen-bond donors (Lipinski definition) is 0. The first-order chi connectivity index (χ1) is 10.8. The van der Waals surface area contributed by atoms with Crippen LogP contribution in [0.1, 0.15) is 29.8 Å². The summed E-state index contributed by atoms with van der Waals surface area (Å²) in [5.74, 6) is 0.831. The predicted molar refractivity (Wildman–Crippen MR) is 89.5 cm³/mol. The summed E-state index contributed by atoms with van der Waals surface area (Å²) in [7, 11) is 1.78. The first-order valence-electron chi connectivity index (χ1n) is 7.81. The summed E-state index contributed by atoms with van der Waals surface area (Å²) in [6.07, 6.45) is 3.68. The zero-order valence-corrected chi connectivity index (χ0v) is 12.9. The molecular weight excluding hydrogens is 274 g/mol. The topological polar surface area (TPSA) is 36.4 Å². The zero-order chi connectivity index (χ0) is 15.4. The highest BCUT2D eigenvalue weighted by molar-refractivity contribution is 6.04. The molecule has 0 atom stereocenters. The number of aromatic nitrogens is 1. The summed E-state index contributed by atoms with van der Waals surface area (Å²) in [4.78, 5) is 21.1. The average Bonchev–Trinajstić information content (AvgIpc) is 2.62. The van der Waals surface area contributed by atoms with Crippen LogP contribution in [-0.2, 0) is 0 Å². The number of carbonyl (C=O) groups is 1. The molecule has 0 radical (unpaired) electrons. The van der Waals surface area contributed by atoms with Crippen molar-refractivity contribution in [2.75, 3.05) is 29.9 Å². The minimum atomic E-state index is -0.0786. The van der Waals surface area contributed by atoms with Crippen molar-refractivity contribution in [3.8, 4) is 0 Å². The van der Waals surface area contributed by atoms with Gasteiger partial charge in [-0.25, -0.2) is 4.98 Å². The third-order valence-electron chi connectivity index (χ3n) is 4.08. The van der Waals surface area contributed by atoms with Gasteiger partial charge in [0.2, 0.25) is 0 Å². The van der Waals surface area contributed by atoms with E-state index in [0.29, 0.717) is 5.69 Å². The Bertz CT molecular complexity index is 636. The van der Waals surface area contributed by atoms with E-state index >= 15 is 0 Å². The molecule has 2 heterocycles. The second-order valence-electron chi connectivity index (χ2n) is 5.63. The van der Waals surface area contributed by atoms with E-state index in [9.17, 15) is 4.79 Å². The number of hydrogen-bond acceptors (Lipinski definition) is 3. The second-order valence-corrected chi connectivity index (χ2v) is 5.63. The Morgan fingerprint density at radius 1 is 1.00 bits per heavy atom. The lowest BCUT2D eigenvalue weighted by Gasteiger charge is -2.28. The highest BCUT2D eigenvalue weighted by Gasteiger charge is 2.17. The molecule has 0 unspecified atom stereocenters. The summed E-state index contributed by atoms with van der Waals surface area (Å²) in [5, 5.41) is 0. The van der Waals surface area contributed by atoms with Gasteiger partial charge in [0.1, 0.15) is 11.5 Å². The smallest absolute Gasteiger partial charge is 0.276 e. The first kappa shape index (κ1) is 14.6. The Morgan fingerprint density at radius 3 is 2.45 bits per heavy atom. The fourth-order valence-corrected chi connectivity index (χ4v) is 2.78. The SMILES string of the molecule is CN(C(=O)c1cccc(N2CCCCC2)n1)c1ccccc1. The van der Waals surface area contributed by atoms with Crippen molar-refractivity contribution in [3.05, 3.63) is 54.2 Å². The van der Waals surface area contributed by atoms with Crippen LogP contribution in [0.25, 0.3) is 0 Å². The van der Waals surface area contributed by atoms with Crippen molar-refractivity contribution >= 4 is 17.4 Å². The van der Waals surface area contributed by atoms with E-state index in [2.05, 4.69) is 9.88 Å². The molecule has 0 spiro atoms. The monoisotopic (exact) mass is 295 g/mol. The summed E-state index contributed by atoms with van der Waals surface area (Å²) >= 11 is 0. The maximum absolute atomic E-state index is 12.6. The number of anilines is 2. The van der Waals surface area contributed by atoms with Crippen LogP contribution in [0.4, 0.5) is 11.5 Å². The van der Waals surface area contributed by atoms with Gasteiger partial charge in [0, 0.05) is 25.8 Å². The number of piperidine rings is 1. The van der Waals surface area contributed by atoms with Crippen LogP contribution in [0.5, 0.6) is 0 Å². The molecule has 1 saturated heterocycles. The van der Waals surface area contributed by atoms with E-state index in [0.717, 1.165) is 24.6 Å². The van der Waals surface area contributed by atoms with Crippen LogP contribution in [0.2, 0.25) is 0 Å². The zero-order valence-electron chi connectivity index (χ0n) is 12.9. The Labute approximate surface area is 131 Å². The van der Waals surface area contributed by atoms with Gasteiger partial charge in [0.15, 0.2) is 0 Å². The van der Waals surface area contributed by atoms with Crippen molar-refractivity contribution in [2.45, 2.75) is 19.3 Å². The van der Waals surface area contributed by atoms with Gasteiger partial charge < -0.3 is 9.80 Å². The van der Waals surface area contributed by atoms with E-state index in [-0.39, 0.29) is 5.91 Å². The molecule has 1 fully saturated rings. The van der Waals surface area contributed by atoms with Gasteiger partial charge in [-0.3, -0.25) is 4.79 Å². The Morgan fingerprint density at radius 2 is 1.73 bits per heavy atom. The number of benzene rings is 1. The molecule has 4 heteroatoms. The van der Waals surface area contributed by atoms with Crippen molar-refractivity contribution in [1.29, 1.82) is 0 Å². The molecule has 3 rings (SSSR count). The van der Waals surface area contributed by atoms with E-state index in [1.165, 1.54) is 19.3 Å². The van der Waals surface area contributed by atoms with Crippen LogP contribution in [0.3, 0.4) is 0 Å². The first-order valence-corrected chi connectivity index (χ1v) is 7.81. The van der Waals surface area contributed by atoms with E-state index in [4.69, 9.17) is 0 Å². The largest absolute Gasteiger partial charge is 0.357 e. The van der Waals surface area contributed by atoms with E-state index < -0.39 is 0 Å². The van der Waals surface area contributed by atoms with Crippen molar-refractivity contribution in [1.82, 2.24) is 4.98 Å².